The lowest BCUT2D eigenvalue weighted by Gasteiger charge is -2.15. The molecule has 5 N–H and O–H groups in total. The lowest BCUT2D eigenvalue weighted by Crippen LogP contribution is -2.19. The summed E-state index contributed by atoms with van der Waals surface area (Å²) in [5.74, 6) is 0. The second-order valence-electron chi connectivity index (χ2n) is 4.91. The summed E-state index contributed by atoms with van der Waals surface area (Å²) in [4.78, 5) is 0. The van der Waals surface area contributed by atoms with Crippen molar-refractivity contribution in [3.8, 4) is 0 Å². The average Bonchev–Trinajstić information content (AvgIpc) is 2.98. The molecule has 1 aliphatic carbocycles. The van der Waals surface area contributed by atoms with Crippen LogP contribution in [-0.4, -0.2) is 28.5 Å². The molecular weight excluding hydrogens is 216 g/mol. The quantitative estimate of drug-likeness (QED) is 0.599. The molecule has 5 heteroatoms. The first-order chi connectivity index (χ1) is 8.22. The van der Waals surface area contributed by atoms with Crippen molar-refractivity contribution in [1.29, 1.82) is 0 Å². The number of aromatic nitrogens is 2. The monoisotopic (exact) mass is 232 g/mol. The van der Waals surface area contributed by atoms with Crippen LogP contribution in [0.3, 0.4) is 0 Å². The third kappa shape index (κ3) is 1.82. The summed E-state index contributed by atoms with van der Waals surface area (Å²) in [5.41, 5.74) is 8.64. The van der Waals surface area contributed by atoms with E-state index in [-0.39, 0.29) is 12.0 Å². The Morgan fingerprint density at radius 3 is 3.00 bits per heavy atom. The van der Waals surface area contributed by atoms with Gasteiger partial charge in [0.2, 0.25) is 0 Å². The van der Waals surface area contributed by atoms with Gasteiger partial charge < -0.3 is 16.2 Å². The van der Waals surface area contributed by atoms with Crippen LogP contribution < -0.4 is 11.1 Å². The van der Waals surface area contributed by atoms with Crippen molar-refractivity contribution >= 4 is 22.3 Å². The van der Waals surface area contributed by atoms with E-state index in [4.69, 9.17) is 5.73 Å². The number of hydrogen-bond acceptors (Lipinski definition) is 4. The molecule has 5 nitrogen and oxygen atoms in total. The average molecular weight is 232 g/mol. The maximum absolute atomic E-state index is 9.26. The molecule has 0 aliphatic heterocycles. The summed E-state index contributed by atoms with van der Waals surface area (Å²) < 4.78 is 0. The van der Waals surface area contributed by atoms with Crippen LogP contribution in [0.25, 0.3) is 10.9 Å². The fraction of sp³-hybridized carbons (Fsp3) is 0.417. The zero-order valence-corrected chi connectivity index (χ0v) is 9.53. The molecule has 1 heterocycles. The number of aliphatic hydroxyl groups is 1. The molecule has 0 spiro atoms. The molecule has 1 saturated carbocycles. The molecule has 0 atom stereocenters. The first-order valence-electron chi connectivity index (χ1n) is 5.80. The third-order valence-corrected chi connectivity index (χ3v) is 3.56. The maximum Gasteiger partial charge on any atom is 0.0672 e. The van der Waals surface area contributed by atoms with Crippen molar-refractivity contribution in [3.05, 3.63) is 18.3 Å². The van der Waals surface area contributed by atoms with Gasteiger partial charge in [-0.25, -0.2) is 0 Å². The van der Waals surface area contributed by atoms with Gasteiger partial charge >= 0.3 is 0 Å². The van der Waals surface area contributed by atoms with Gasteiger partial charge in [-0.3, -0.25) is 5.10 Å². The van der Waals surface area contributed by atoms with Gasteiger partial charge in [-0.15, -0.1) is 0 Å². The van der Waals surface area contributed by atoms with Crippen molar-refractivity contribution in [1.82, 2.24) is 10.2 Å². The Morgan fingerprint density at radius 1 is 1.47 bits per heavy atom. The predicted octanol–water partition coefficient (Wildman–Crippen LogP) is 1.33. The number of H-pyrrole nitrogens is 1. The Balaban J connectivity index is 1.82. The first kappa shape index (κ1) is 10.4. The molecule has 0 bridgehead atoms. The van der Waals surface area contributed by atoms with E-state index in [2.05, 4.69) is 15.5 Å². The molecule has 0 unspecified atom stereocenters. The molecule has 1 aromatic heterocycles. The van der Waals surface area contributed by atoms with Gasteiger partial charge in [-0.1, -0.05) is 0 Å². The highest BCUT2D eigenvalue weighted by molar-refractivity contribution is 5.88. The molecule has 17 heavy (non-hydrogen) atoms. The standard InChI is InChI=1S/C12H16N4O/c13-9-3-8-5-15-16-10(8)4-11(9)14-6-12(7-17)1-2-12/h3-5,14,17H,1-2,6-7,13H2,(H,15,16). The fourth-order valence-electron chi connectivity index (χ4n) is 2.01. The number of fused-ring (bicyclic) bond motifs is 1. The van der Waals surface area contributed by atoms with Crippen molar-refractivity contribution in [2.24, 2.45) is 5.41 Å². The number of benzene rings is 1. The van der Waals surface area contributed by atoms with Crippen LogP contribution in [0.1, 0.15) is 12.8 Å². The zero-order chi connectivity index (χ0) is 11.9. The number of hydrogen-bond donors (Lipinski definition) is 4. The molecule has 1 aliphatic rings. The predicted molar refractivity (Wildman–Crippen MR) is 67.7 cm³/mol. The van der Waals surface area contributed by atoms with Gasteiger partial charge in [0.25, 0.3) is 0 Å². The number of nitrogen functional groups attached to an aromatic ring is 1. The number of aromatic amines is 1. The van der Waals surface area contributed by atoms with Gasteiger partial charge in [-0.05, 0) is 25.0 Å². The summed E-state index contributed by atoms with van der Waals surface area (Å²) in [6.07, 6.45) is 3.93. The van der Waals surface area contributed by atoms with Crippen LogP contribution in [0, 0.1) is 5.41 Å². The second-order valence-corrected chi connectivity index (χ2v) is 4.91. The van der Waals surface area contributed by atoms with Crippen LogP contribution >= 0.6 is 0 Å². The normalized spacial score (nSPS) is 17.2. The van der Waals surface area contributed by atoms with Crippen molar-refractivity contribution in [2.75, 3.05) is 24.2 Å². The molecular formula is C12H16N4O. The number of nitrogens with two attached hydrogens (primary N) is 1. The van der Waals surface area contributed by atoms with Crippen LogP contribution in [0.4, 0.5) is 11.4 Å². The SMILES string of the molecule is Nc1cc2cn[nH]c2cc1NCC1(CO)CC1. The Kier molecular flexibility index (Phi) is 2.22. The molecule has 3 rings (SSSR count). The summed E-state index contributed by atoms with van der Waals surface area (Å²) in [6.45, 7) is 1.01. The van der Waals surface area contributed by atoms with Gasteiger partial charge in [0.1, 0.15) is 0 Å². The molecule has 2 aromatic rings. The Labute approximate surface area is 99.0 Å². The molecule has 90 valence electrons. The maximum atomic E-state index is 9.26. The zero-order valence-electron chi connectivity index (χ0n) is 9.53. The number of aliphatic hydroxyl groups excluding tert-OH is 1. The molecule has 0 radical (unpaired) electrons. The largest absolute Gasteiger partial charge is 0.397 e. The highest BCUT2D eigenvalue weighted by atomic mass is 16.3. The summed E-state index contributed by atoms with van der Waals surface area (Å²) in [6, 6.07) is 3.87. The lowest BCUT2D eigenvalue weighted by molar-refractivity contribution is 0.220. The van der Waals surface area contributed by atoms with E-state index < -0.39 is 0 Å². The molecule has 0 saturated heterocycles. The smallest absolute Gasteiger partial charge is 0.0672 e. The van der Waals surface area contributed by atoms with E-state index in [9.17, 15) is 5.11 Å². The Hall–Kier alpha value is -1.75. The fourth-order valence-corrected chi connectivity index (χ4v) is 2.01. The van der Waals surface area contributed by atoms with E-state index in [0.29, 0.717) is 5.69 Å². The van der Waals surface area contributed by atoms with E-state index in [1.165, 1.54) is 0 Å². The van der Waals surface area contributed by atoms with E-state index in [1.807, 2.05) is 12.1 Å². The van der Waals surface area contributed by atoms with Gasteiger partial charge in [0.05, 0.1) is 29.7 Å². The summed E-state index contributed by atoms with van der Waals surface area (Å²) in [7, 11) is 0. The minimum atomic E-state index is 0.0788. The summed E-state index contributed by atoms with van der Waals surface area (Å²) >= 11 is 0. The van der Waals surface area contributed by atoms with Crippen LogP contribution in [0.15, 0.2) is 18.3 Å². The van der Waals surface area contributed by atoms with Crippen molar-refractivity contribution in [3.63, 3.8) is 0 Å². The van der Waals surface area contributed by atoms with Crippen molar-refractivity contribution in [2.45, 2.75) is 12.8 Å². The Bertz CT molecular complexity index is 544. The first-order valence-corrected chi connectivity index (χ1v) is 5.80. The highest BCUT2D eigenvalue weighted by Crippen LogP contribution is 2.45. The van der Waals surface area contributed by atoms with E-state index in [0.717, 1.165) is 36.0 Å². The number of anilines is 2. The van der Waals surface area contributed by atoms with Crippen LogP contribution in [0.2, 0.25) is 0 Å². The second kappa shape index (κ2) is 3.63. The number of rotatable bonds is 4. The Morgan fingerprint density at radius 2 is 2.29 bits per heavy atom. The summed E-state index contributed by atoms with van der Waals surface area (Å²) in [5, 5.41) is 20.5. The van der Waals surface area contributed by atoms with Crippen molar-refractivity contribution < 1.29 is 5.11 Å². The van der Waals surface area contributed by atoms with E-state index in [1.54, 1.807) is 6.20 Å². The van der Waals surface area contributed by atoms with Crippen LogP contribution in [0.5, 0.6) is 0 Å². The van der Waals surface area contributed by atoms with E-state index >= 15 is 0 Å². The molecule has 1 fully saturated rings. The third-order valence-electron chi connectivity index (χ3n) is 3.56. The van der Waals surface area contributed by atoms with Gasteiger partial charge in [0.15, 0.2) is 0 Å². The lowest BCUT2D eigenvalue weighted by atomic mass is 10.1. The minimum absolute atomic E-state index is 0.0788. The van der Waals surface area contributed by atoms with Gasteiger partial charge in [0, 0.05) is 17.3 Å². The molecule has 1 aromatic carbocycles. The number of nitrogens with one attached hydrogen (secondary N) is 2. The number of nitrogens with zero attached hydrogens (tertiary/aromatic N) is 1. The minimum Gasteiger partial charge on any atom is -0.397 e. The van der Waals surface area contributed by atoms with Gasteiger partial charge in [-0.2, -0.15) is 5.10 Å². The topological polar surface area (TPSA) is 87.0 Å². The van der Waals surface area contributed by atoms with Crippen LogP contribution in [-0.2, 0) is 0 Å². The molecule has 0 amide bonds. The highest BCUT2D eigenvalue weighted by Gasteiger charge is 2.41.